The Hall–Kier alpha value is -4.55. The summed E-state index contributed by atoms with van der Waals surface area (Å²) in [6, 6.07) is 30.8. The number of hydrogen-bond donors (Lipinski definition) is 2. The number of nitrogens with one attached hydrogen (secondary N) is 1. The van der Waals surface area contributed by atoms with Crippen molar-refractivity contribution in [2.45, 2.75) is 25.7 Å². The molecule has 0 bridgehead atoms. The molecule has 0 aliphatic carbocycles. The van der Waals surface area contributed by atoms with E-state index >= 15 is 0 Å². The minimum atomic E-state index is -1.88. The first-order chi connectivity index (χ1) is 18.4. The minimum Gasteiger partial charge on any atom is -0.366 e. The van der Waals surface area contributed by atoms with Gasteiger partial charge in [-0.05, 0) is 42.3 Å². The molecule has 5 aromatic rings. The molecule has 6 heteroatoms. The second-order valence-corrected chi connectivity index (χ2v) is 9.63. The third-order valence-corrected chi connectivity index (χ3v) is 7.07. The first-order valence-corrected chi connectivity index (χ1v) is 12.5. The lowest BCUT2D eigenvalue weighted by atomic mass is 9.91. The Bertz CT molecular complexity index is 1640. The molecule has 38 heavy (non-hydrogen) atoms. The normalized spacial score (nSPS) is 16.6. The smallest absolute Gasteiger partial charge is 0.258 e. The van der Waals surface area contributed by atoms with Gasteiger partial charge in [-0.25, -0.2) is 9.37 Å². The van der Waals surface area contributed by atoms with Crippen LogP contribution in [0.4, 0.5) is 10.2 Å². The number of carbonyl (C=O) groups is 1. The number of carbonyl (C=O) groups excluding carboxylic acids is 1. The van der Waals surface area contributed by atoms with Crippen LogP contribution in [0.3, 0.4) is 0 Å². The highest BCUT2D eigenvalue weighted by Crippen LogP contribution is 2.48. The van der Waals surface area contributed by atoms with Gasteiger partial charge in [-0.2, -0.15) is 0 Å². The van der Waals surface area contributed by atoms with Gasteiger partial charge in [0.15, 0.2) is 5.72 Å². The van der Waals surface area contributed by atoms with Crippen molar-refractivity contribution in [2.75, 3.05) is 5.32 Å². The maximum Gasteiger partial charge on any atom is 0.258 e. The quantitative estimate of drug-likeness (QED) is 0.292. The summed E-state index contributed by atoms with van der Waals surface area (Å²) in [5.41, 5.74) is 2.81. The van der Waals surface area contributed by atoms with E-state index in [4.69, 9.17) is 4.98 Å². The molecule has 4 aromatic carbocycles. The van der Waals surface area contributed by atoms with E-state index in [1.807, 2.05) is 85.8 Å². The lowest BCUT2D eigenvalue weighted by Gasteiger charge is -2.35. The van der Waals surface area contributed by atoms with E-state index < -0.39 is 11.5 Å². The summed E-state index contributed by atoms with van der Waals surface area (Å²) >= 11 is 0. The summed E-state index contributed by atoms with van der Waals surface area (Å²) in [5.74, 6) is -0.321. The Labute approximate surface area is 220 Å². The van der Waals surface area contributed by atoms with Crippen LogP contribution >= 0.6 is 0 Å². The highest BCUT2D eigenvalue weighted by Gasteiger charge is 2.53. The molecule has 6 rings (SSSR count). The zero-order chi connectivity index (χ0) is 26.3. The SMILES string of the molecule is Cc1ccc2nc(NCc3ccccc3)c3c(c2c1)C(=O)N(Cc1ccccc1)[C@@]3(O)c1ccc(F)cc1. The van der Waals surface area contributed by atoms with E-state index in [9.17, 15) is 14.3 Å². The number of pyridine rings is 1. The van der Waals surface area contributed by atoms with Crippen molar-refractivity contribution in [3.05, 3.63) is 142 Å². The molecule has 2 N–H and O–H groups in total. The Morgan fingerprint density at radius 3 is 2.24 bits per heavy atom. The molecule has 0 saturated heterocycles. The molecule has 5 nitrogen and oxygen atoms in total. The lowest BCUT2D eigenvalue weighted by Crippen LogP contribution is -2.44. The second kappa shape index (κ2) is 9.39. The number of aromatic nitrogens is 1. The summed E-state index contributed by atoms with van der Waals surface area (Å²) < 4.78 is 14.0. The summed E-state index contributed by atoms with van der Waals surface area (Å²) in [7, 11) is 0. The van der Waals surface area contributed by atoms with Gasteiger partial charge >= 0.3 is 0 Å². The van der Waals surface area contributed by atoms with E-state index in [0.717, 1.165) is 16.7 Å². The number of aliphatic hydroxyl groups is 1. The van der Waals surface area contributed by atoms with Gasteiger partial charge in [0.2, 0.25) is 0 Å². The molecular weight excluding hydrogens is 477 g/mol. The summed E-state index contributed by atoms with van der Waals surface area (Å²) in [6.07, 6.45) is 0. The van der Waals surface area contributed by atoms with Crippen LogP contribution in [-0.4, -0.2) is 20.9 Å². The standard InChI is InChI=1S/C32H26FN3O2/c1-21-12-17-27-26(18-21)28-29(30(35-27)34-19-22-8-4-2-5-9-22)32(38,24-13-15-25(33)16-14-24)36(31(28)37)20-23-10-6-3-7-11-23/h2-18,38H,19-20H2,1H3,(H,34,35)/t32-/m1/s1. The molecule has 188 valence electrons. The number of rotatable bonds is 6. The van der Waals surface area contributed by atoms with E-state index in [2.05, 4.69) is 5.32 Å². The van der Waals surface area contributed by atoms with Crippen molar-refractivity contribution in [1.82, 2.24) is 9.88 Å². The summed E-state index contributed by atoms with van der Waals surface area (Å²) in [6.45, 7) is 2.57. The van der Waals surface area contributed by atoms with Crippen LogP contribution in [0.15, 0.2) is 103 Å². The number of halogens is 1. The summed E-state index contributed by atoms with van der Waals surface area (Å²) in [4.78, 5) is 20.6. The van der Waals surface area contributed by atoms with E-state index in [-0.39, 0.29) is 12.5 Å². The molecule has 2 heterocycles. The number of hydrogen-bond acceptors (Lipinski definition) is 4. The van der Waals surface area contributed by atoms with Crippen LogP contribution in [0.25, 0.3) is 10.9 Å². The molecule has 0 radical (unpaired) electrons. The third-order valence-electron chi connectivity index (χ3n) is 7.07. The fraction of sp³-hybridized carbons (Fsp3) is 0.125. The zero-order valence-electron chi connectivity index (χ0n) is 20.9. The monoisotopic (exact) mass is 503 g/mol. The predicted octanol–water partition coefficient (Wildman–Crippen LogP) is 6.14. The van der Waals surface area contributed by atoms with Crippen molar-refractivity contribution >= 4 is 22.6 Å². The third kappa shape index (κ3) is 3.99. The van der Waals surface area contributed by atoms with Crippen molar-refractivity contribution in [3.63, 3.8) is 0 Å². The first kappa shape index (κ1) is 23.8. The van der Waals surface area contributed by atoms with Gasteiger partial charge in [0.1, 0.15) is 11.6 Å². The maximum atomic E-state index is 14.2. The van der Waals surface area contributed by atoms with Crippen molar-refractivity contribution in [2.24, 2.45) is 0 Å². The average Bonchev–Trinajstić information content (AvgIpc) is 3.16. The Morgan fingerprint density at radius 1 is 0.895 bits per heavy atom. The molecule has 1 aliphatic heterocycles. The number of amides is 1. The first-order valence-electron chi connectivity index (χ1n) is 12.5. The molecule has 1 aromatic heterocycles. The predicted molar refractivity (Wildman–Crippen MR) is 146 cm³/mol. The highest BCUT2D eigenvalue weighted by atomic mass is 19.1. The van der Waals surface area contributed by atoms with Crippen LogP contribution in [-0.2, 0) is 18.8 Å². The van der Waals surface area contributed by atoms with Crippen molar-refractivity contribution in [1.29, 1.82) is 0 Å². The largest absolute Gasteiger partial charge is 0.366 e. The minimum absolute atomic E-state index is 0.160. The molecule has 0 spiro atoms. The zero-order valence-corrected chi connectivity index (χ0v) is 20.9. The van der Waals surface area contributed by atoms with Crippen molar-refractivity contribution in [3.8, 4) is 0 Å². The molecule has 0 unspecified atom stereocenters. The highest BCUT2D eigenvalue weighted by molar-refractivity contribution is 6.12. The number of anilines is 1. The van der Waals surface area contributed by atoms with E-state index in [0.29, 0.717) is 40.0 Å². The fourth-order valence-corrected chi connectivity index (χ4v) is 5.20. The Morgan fingerprint density at radius 2 is 1.55 bits per heavy atom. The lowest BCUT2D eigenvalue weighted by molar-refractivity contribution is -0.0540. The van der Waals surface area contributed by atoms with Crippen LogP contribution in [0.1, 0.15) is 38.2 Å². The average molecular weight is 504 g/mol. The van der Waals surface area contributed by atoms with Crippen molar-refractivity contribution < 1.29 is 14.3 Å². The molecule has 0 saturated carbocycles. The van der Waals surface area contributed by atoms with Crippen LogP contribution < -0.4 is 5.32 Å². The van der Waals surface area contributed by atoms with Gasteiger partial charge in [0, 0.05) is 24.0 Å². The van der Waals surface area contributed by atoms with Gasteiger partial charge in [-0.1, -0.05) is 84.4 Å². The Balaban J connectivity index is 1.60. The van der Waals surface area contributed by atoms with Crippen LogP contribution in [0, 0.1) is 12.7 Å². The fourth-order valence-electron chi connectivity index (χ4n) is 5.20. The molecule has 1 atom stereocenters. The van der Waals surface area contributed by atoms with Gasteiger partial charge in [0.25, 0.3) is 5.91 Å². The molecule has 1 aliphatic rings. The molecular formula is C32H26FN3O2. The summed E-state index contributed by atoms with van der Waals surface area (Å²) in [5, 5.41) is 16.7. The van der Waals surface area contributed by atoms with E-state index in [1.165, 1.54) is 29.2 Å². The van der Waals surface area contributed by atoms with Gasteiger partial charge in [0.05, 0.1) is 16.6 Å². The number of fused-ring (bicyclic) bond motifs is 3. The second-order valence-electron chi connectivity index (χ2n) is 9.63. The molecule has 0 fully saturated rings. The van der Waals surface area contributed by atoms with Gasteiger partial charge in [-0.15, -0.1) is 0 Å². The van der Waals surface area contributed by atoms with E-state index in [1.54, 1.807) is 0 Å². The van der Waals surface area contributed by atoms with Crippen LogP contribution in [0.5, 0.6) is 0 Å². The molecule has 1 amide bonds. The van der Waals surface area contributed by atoms with Crippen LogP contribution in [0.2, 0.25) is 0 Å². The Kier molecular flexibility index (Phi) is 5.89. The topological polar surface area (TPSA) is 65.5 Å². The van der Waals surface area contributed by atoms with Gasteiger partial charge < -0.3 is 10.4 Å². The number of nitrogens with zero attached hydrogens (tertiary/aromatic N) is 2. The number of aryl methyl sites for hydroxylation is 1. The number of benzene rings is 4. The van der Waals surface area contributed by atoms with Gasteiger partial charge in [-0.3, -0.25) is 9.69 Å². The maximum absolute atomic E-state index is 14.2.